The maximum absolute atomic E-state index is 12.4. The molecule has 1 amide bonds. The fourth-order valence-corrected chi connectivity index (χ4v) is 3.99. The Morgan fingerprint density at radius 1 is 1.37 bits per heavy atom. The first-order valence-electron chi connectivity index (χ1n) is 9.88. The predicted octanol–water partition coefficient (Wildman–Crippen LogP) is 2.99. The molecule has 0 radical (unpaired) electrons. The van der Waals surface area contributed by atoms with Crippen LogP contribution in [0.15, 0.2) is 40.9 Å². The van der Waals surface area contributed by atoms with Crippen molar-refractivity contribution in [2.75, 3.05) is 25.1 Å². The van der Waals surface area contributed by atoms with Crippen LogP contribution < -0.4 is 10.6 Å². The van der Waals surface area contributed by atoms with Crippen molar-refractivity contribution in [2.45, 2.75) is 49.7 Å². The molecule has 6 nitrogen and oxygen atoms in total. The molecule has 162 valence electrons. The largest absolute Gasteiger partial charge is 0.411 e. The van der Waals surface area contributed by atoms with Gasteiger partial charge in [-0.15, -0.1) is 0 Å². The van der Waals surface area contributed by atoms with Gasteiger partial charge in [0.1, 0.15) is 6.61 Å². The Bertz CT molecular complexity index is 858. The lowest BCUT2D eigenvalue weighted by Gasteiger charge is -2.27. The number of aliphatic imine (C=N–C) groups is 1. The van der Waals surface area contributed by atoms with E-state index in [4.69, 9.17) is 9.47 Å². The average Bonchev–Trinajstić information content (AvgIpc) is 3.29. The van der Waals surface area contributed by atoms with Crippen LogP contribution in [0.1, 0.15) is 25.3 Å². The summed E-state index contributed by atoms with van der Waals surface area (Å²) in [5, 5.41) is 6.23. The molecule has 2 N–H and O–H groups in total. The summed E-state index contributed by atoms with van der Waals surface area (Å²) in [5.74, 6) is -0.370. The van der Waals surface area contributed by atoms with Gasteiger partial charge in [-0.1, -0.05) is 18.2 Å². The summed E-state index contributed by atoms with van der Waals surface area (Å²) < 4.78 is 47.8. The Kier molecular flexibility index (Phi) is 5.46. The number of morpholine rings is 1. The van der Waals surface area contributed by atoms with Crippen LogP contribution >= 0.6 is 0 Å². The van der Waals surface area contributed by atoms with Crippen molar-refractivity contribution >= 4 is 17.8 Å². The number of dihydropyridines is 1. The zero-order chi connectivity index (χ0) is 21.4. The van der Waals surface area contributed by atoms with Gasteiger partial charge in [0.2, 0.25) is 0 Å². The van der Waals surface area contributed by atoms with Crippen molar-refractivity contribution in [3.05, 3.63) is 41.5 Å². The Hall–Kier alpha value is -2.23. The van der Waals surface area contributed by atoms with Crippen LogP contribution in [0, 0.1) is 0 Å². The van der Waals surface area contributed by atoms with Crippen LogP contribution in [-0.2, 0) is 20.7 Å². The molecule has 1 aromatic carbocycles. The van der Waals surface area contributed by atoms with Gasteiger partial charge in [-0.3, -0.25) is 9.79 Å². The molecule has 0 aliphatic carbocycles. The molecule has 3 aliphatic rings. The molecule has 1 unspecified atom stereocenters. The van der Waals surface area contributed by atoms with Crippen LogP contribution in [0.25, 0.3) is 0 Å². The zero-order valence-corrected chi connectivity index (χ0v) is 16.6. The van der Waals surface area contributed by atoms with Crippen LogP contribution in [0.2, 0.25) is 0 Å². The summed E-state index contributed by atoms with van der Waals surface area (Å²) in [5.41, 5.74) is 0.602. The van der Waals surface area contributed by atoms with Crippen LogP contribution in [0.4, 0.5) is 18.9 Å². The fourth-order valence-electron chi connectivity index (χ4n) is 3.99. The monoisotopic (exact) mass is 423 g/mol. The minimum absolute atomic E-state index is 0.0817. The predicted molar refractivity (Wildman–Crippen MR) is 105 cm³/mol. The minimum Gasteiger partial charge on any atom is -0.372 e. The van der Waals surface area contributed by atoms with E-state index in [1.165, 1.54) is 19.2 Å². The van der Waals surface area contributed by atoms with E-state index in [2.05, 4.69) is 15.6 Å². The molecular weight excluding hydrogens is 399 g/mol. The Morgan fingerprint density at radius 3 is 2.67 bits per heavy atom. The summed E-state index contributed by atoms with van der Waals surface area (Å²) >= 11 is 0. The molecule has 2 saturated heterocycles. The number of alkyl halides is 3. The minimum atomic E-state index is -4.43. The van der Waals surface area contributed by atoms with Gasteiger partial charge in [0.15, 0.2) is 5.72 Å². The molecule has 0 spiro atoms. The first-order valence-corrected chi connectivity index (χ1v) is 9.88. The van der Waals surface area contributed by atoms with Gasteiger partial charge >= 0.3 is 6.18 Å². The Morgan fingerprint density at radius 2 is 2.13 bits per heavy atom. The molecule has 2 fully saturated rings. The normalized spacial score (nSPS) is 30.4. The van der Waals surface area contributed by atoms with Crippen molar-refractivity contribution in [1.29, 1.82) is 0 Å². The second kappa shape index (κ2) is 7.79. The molecule has 0 aromatic heterocycles. The Balaban J connectivity index is 1.30. The maximum atomic E-state index is 12.4. The van der Waals surface area contributed by atoms with Gasteiger partial charge in [-0.05, 0) is 31.0 Å². The van der Waals surface area contributed by atoms with E-state index in [0.29, 0.717) is 11.7 Å². The third-order valence-corrected chi connectivity index (χ3v) is 5.65. The molecule has 0 saturated carbocycles. The molecule has 9 heteroatoms. The zero-order valence-electron chi connectivity index (χ0n) is 16.6. The molecule has 3 atom stereocenters. The first-order chi connectivity index (χ1) is 14.1. The summed E-state index contributed by atoms with van der Waals surface area (Å²) in [6, 6.07) is 8.04. The van der Waals surface area contributed by atoms with Crippen LogP contribution in [0.3, 0.4) is 0 Å². The number of amides is 1. The molecule has 3 heterocycles. The first kappa shape index (κ1) is 21.0. The van der Waals surface area contributed by atoms with Crippen molar-refractivity contribution < 1.29 is 27.4 Å². The van der Waals surface area contributed by atoms with Gasteiger partial charge < -0.3 is 20.1 Å². The highest BCUT2D eigenvalue weighted by molar-refractivity contribution is 6.18. The second-order valence-corrected chi connectivity index (χ2v) is 8.30. The summed E-state index contributed by atoms with van der Waals surface area (Å²) in [4.78, 5) is 16.4. The quantitative estimate of drug-likeness (QED) is 0.738. The topological polar surface area (TPSA) is 72.0 Å². The highest BCUT2D eigenvalue weighted by atomic mass is 19.4. The molecule has 4 rings (SSSR count). The van der Waals surface area contributed by atoms with Crippen molar-refractivity contribution in [2.24, 2.45) is 4.99 Å². The number of halogens is 3. The summed E-state index contributed by atoms with van der Waals surface area (Å²) in [6.45, 7) is 1.68. The number of fused-ring (bicyclic) bond motifs is 2. The van der Waals surface area contributed by atoms with E-state index in [0.717, 1.165) is 31.6 Å². The van der Waals surface area contributed by atoms with E-state index in [1.54, 1.807) is 0 Å². The van der Waals surface area contributed by atoms with Gasteiger partial charge in [-0.2, -0.15) is 13.2 Å². The van der Waals surface area contributed by atoms with Gasteiger partial charge in [0, 0.05) is 37.3 Å². The smallest absolute Gasteiger partial charge is 0.372 e. The highest BCUT2D eigenvalue weighted by Gasteiger charge is 2.46. The van der Waals surface area contributed by atoms with Crippen molar-refractivity contribution in [3.8, 4) is 0 Å². The fraction of sp³-hybridized carbons (Fsp3) is 0.524. The SMILES string of the molecule is CC1(OCC(F)(F)F)CC=C(C(=O)Nc2ccc(C[C@]34CN[C@H](CO3)C4)cc2)C=N1. The third-order valence-electron chi connectivity index (χ3n) is 5.65. The average molecular weight is 423 g/mol. The molecule has 1 aromatic rings. The van der Waals surface area contributed by atoms with E-state index < -0.39 is 18.5 Å². The summed E-state index contributed by atoms with van der Waals surface area (Å²) in [6.07, 6.45) is 0.282. The number of hydrogen-bond acceptors (Lipinski definition) is 5. The van der Waals surface area contributed by atoms with Crippen LogP contribution in [0.5, 0.6) is 0 Å². The van der Waals surface area contributed by atoms with Gasteiger partial charge in [0.05, 0.1) is 17.8 Å². The number of benzene rings is 1. The number of nitrogens with zero attached hydrogens (tertiary/aromatic N) is 1. The number of carbonyl (C=O) groups excluding carboxylic acids is 1. The third kappa shape index (κ3) is 4.91. The number of rotatable bonds is 6. The summed E-state index contributed by atoms with van der Waals surface area (Å²) in [7, 11) is 0. The highest BCUT2D eigenvalue weighted by Crippen LogP contribution is 2.34. The van der Waals surface area contributed by atoms with Gasteiger partial charge in [0.25, 0.3) is 5.91 Å². The van der Waals surface area contributed by atoms with Gasteiger partial charge in [-0.25, -0.2) is 0 Å². The lowest BCUT2D eigenvalue weighted by molar-refractivity contribution is -0.200. The van der Waals surface area contributed by atoms with Crippen LogP contribution in [-0.4, -0.2) is 55.4 Å². The van der Waals surface area contributed by atoms with E-state index in [9.17, 15) is 18.0 Å². The molecule has 2 bridgehead atoms. The molecule has 30 heavy (non-hydrogen) atoms. The number of nitrogens with one attached hydrogen (secondary N) is 2. The Labute approximate surface area is 172 Å². The maximum Gasteiger partial charge on any atom is 0.411 e. The lowest BCUT2D eigenvalue weighted by atomic mass is 9.93. The standard InChI is InChI=1S/C21H24F3N3O3/c1-19(30-13-21(22,23)24)7-6-15(10-26-19)18(28)27-16-4-2-14(3-5-16)8-20-9-17(11-29-20)25-12-20/h2-6,10,17,25H,7-9,11-13H2,1H3,(H,27,28)/t17-,19?,20-/m0/s1. The number of anilines is 1. The number of ether oxygens (including phenoxy) is 2. The van der Waals surface area contributed by atoms with E-state index in [-0.39, 0.29) is 23.5 Å². The number of carbonyl (C=O) groups is 1. The molecular formula is C21H24F3N3O3. The van der Waals surface area contributed by atoms with E-state index >= 15 is 0 Å². The second-order valence-electron chi connectivity index (χ2n) is 8.30. The van der Waals surface area contributed by atoms with Crippen molar-refractivity contribution in [1.82, 2.24) is 5.32 Å². The van der Waals surface area contributed by atoms with Crippen molar-refractivity contribution in [3.63, 3.8) is 0 Å². The molecule has 3 aliphatic heterocycles. The lowest BCUT2D eigenvalue weighted by Crippen LogP contribution is -2.40. The number of hydrogen-bond donors (Lipinski definition) is 2. The van der Waals surface area contributed by atoms with E-state index in [1.807, 2.05) is 24.3 Å².